The Morgan fingerprint density at radius 2 is 2.17 bits per heavy atom. The van der Waals surface area contributed by atoms with Crippen LogP contribution in [0.25, 0.3) is 0 Å². The number of nitrogens with two attached hydrogens (primary N) is 1. The zero-order valence-corrected chi connectivity index (χ0v) is 6.70. The van der Waals surface area contributed by atoms with Crippen LogP contribution >= 0.6 is 0 Å². The molecule has 4 N–H and O–H groups in total. The van der Waals surface area contributed by atoms with Gasteiger partial charge < -0.3 is 5.11 Å². The minimum absolute atomic E-state index is 0.0961. The Labute approximate surface area is 71.2 Å². The van der Waals surface area contributed by atoms with Crippen LogP contribution < -0.4 is 11.3 Å². The van der Waals surface area contributed by atoms with Crippen LogP contribution in [-0.4, -0.2) is 11.2 Å². The minimum atomic E-state index is -0.382. The van der Waals surface area contributed by atoms with Gasteiger partial charge in [-0.3, -0.25) is 11.3 Å². The van der Waals surface area contributed by atoms with Gasteiger partial charge in [0.1, 0.15) is 0 Å². The van der Waals surface area contributed by atoms with Gasteiger partial charge in [-0.05, 0) is 11.1 Å². The van der Waals surface area contributed by atoms with Gasteiger partial charge in [0.2, 0.25) is 0 Å². The van der Waals surface area contributed by atoms with E-state index in [4.69, 9.17) is 5.84 Å². The first-order chi connectivity index (χ1) is 5.83. The summed E-state index contributed by atoms with van der Waals surface area (Å²) in [6, 6.07) is 7.86. The number of hydrazine groups is 1. The summed E-state index contributed by atoms with van der Waals surface area (Å²) >= 11 is 0. The standard InChI is InChI=1S/C9H12N2O/c10-11-9-7-4-2-1-3-6(7)5-8(9)12/h1-4,8-9,11-12H,5,10H2/t8-,9+/m0/s1. The number of aliphatic hydroxyl groups excluding tert-OH is 1. The van der Waals surface area contributed by atoms with E-state index in [1.807, 2.05) is 24.3 Å². The van der Waals surface area contributed by atoms with Gasteiger partial charge >= 0.3 is 0 Å². The summed E-state index contributed by atoms with van der Waals surface area (Å²) in [6.45, 7) is 0. The Morgan fingerprint density at radius 3 is 2.92 bits per heavy atom. The molecule has 12 heavy (non-hydrogen) atoms. The van der Waals surface area contributed by atoms with E-state index in [1.54, 1.807) is 0 Å². The predicted molar refractivity (Wildman–Crippen MR) is 46.2 cm³/mol. The largest absolute Gasteiger partial charge is 0.391 e. The molecular weight excluding hydrogens is 152 g/mol. The average Bonchev–Trinajstić information content (AvgIpc) is 2.40. The van der Waals surface area contributed by atoms with Crippen molar-refractivity contribution in [2.45, 2.75) is 18.6 Å². The van der Waals surface area contributed by atoms with Crippen molar-refractivity contribution in [3.8, 4) is 0 Å². The second kappa shape index (κ2) is 2.86. The highest BCUT2D eigenvalue weighted by Crippen LogP contribution is 2.30. The van der Waals surface area contributed by atoms with Crippen LogP contribution in [0.2, 0.25) is 0 Å². The highest BCUT2D eigenvalue weighted by Gasteiger charge is 2.29. The SMILES string of the molecule is NN[C@@H]1c2ccccc2C[C@@H]1O. The number of hydrogen-bond donors (Lipinski definition) is 3. The Balaban J connectivity index is 2.40. The van der Waals surface area contributed by atoms with Crippen molar-refractivity contribution < 1.29 is 5.11 Å². The van der Waals surface area contributed by atoms with Gasteiger partial charge in [-0.25, -0.2) is 0 Å². The summed E-state index contributed by atoms with van der Waals surface area (Å²) in [7, 11) is 0. The van der Waals surface area contributed by atoms with E-state index < -0.39 is 0 Å². The van der Waals surface area contributed by atoms with Gasteiger partial charge in [-0.1, -0.05) is 24.3 Å². The quantitative estimate of drug-likeness (QED) is 0.408. The van der Waals surface area contributed by atoms with Crippen molar-refractivity contribution in [3.05, 3.63) is 35.4 Å². The summed E-state index contributed by atoms with van der Waals surface area (Å²) < 4.78 is 0. The molecule has 1 aromatic rings. The van der Waals surface area contributed by atoms with Gasteiger partial charge in [-0.2, -0.15) is 0 Å². The molecule has 0 heterocycles. The molecule has 1 aliphatic rings. The average molecular weight is 164 g/mol. The van der Waals surface area contributed by atoms with Gasteiger partial charge in [0, 0.05) is 6.42 Å². The van der Waals surface area contributed by atoms with Crippen LogP contribution in [0.4, 0.5) is 0 Å². The molecule has 0 radical (unpaired) electrons. The van der Waals surface area contributed by atoms with E-state index in [0.717, 1.165) is 5.56 Å². The van der Waals surface area contributed by atoms with Crippen LogP contribution in [0.5, 0.6) is 0 Å². The monoisotopic (exact) mass is 164 g/mol. The number of fused-ring (bicyclic) bond motifs is 1. The molecule has 2 atom stereocenters. The van der Waals surface area contributed by atoms with E-state index in [1.165, 1.54) is 5.56 Å². The summed E-state index contributed by atoms with van der Waals surface area (Å²) in [5.74, 6) is 5.33. The number of rotatable bonds is 1. The first-order valence-corrected chi connectivity index (χ1v) is 4.05. The van der Waals surface area contributed by atoms with Crippen molar-refractivity contribution >= 4 is 0 Å². The lowest BCUT2D eigenvalue weighted by molar-refractivity contribution is 0.142. The molecule has 3 heteroatoms. The maximum absolute atomic E-state index is 9.57. The minimum Gasteiger partial charge on any atom is -0.391 e. The van der Waals surface area contributed by atoms with E-state index in [0.29, 0.717) is 6.42 Å². The Morgan fingerprint density at radius 1 is 1.42 bits per heavy atom. The number of aliphatic hydroxyl groups is 1. The van der Waals surface area contributed by atoms with Crippen molar-refractivity contribution in [2.24, 2.45) is 5.84 Å². The Kier molecular flexibility index (Phi) is 1.84. The molecule has 0 fully saturated rings. The van der Waals surface area contributed by atoms with Gasteiger partial charge in [0.15, 0.2) is 0 Å². The molecule has 0 unspecified atom stereocenters. The third-order valence-corrected chi connectivity index (χ3v) is 2.38. The van der Waals surface area contributed by atoms with Crippen molar-refractivity contribution in [1.82, 2.24) is 5.43 Å². The third kappa shape index (κ3) is 1.03. The molecule has 0 amide bonds. The smallest absolute Gasteiger partial charge is 0.0788 e. The van der Waals surface area contributed by atoms with E-state index >= 15 is 0 Å². The second-order valence-corrected chi connectivity index (χ2v) is 3.11. The van der Waals surface area contributed by atoms with E-state index in [2.05, 4.69) is 5.43 Å². The van der Waals surface area contributed by atoms with Crippen molar-refractivity contribution in [2.75, 3.05) is 0 Å². The van der Waals surface area contributed by atoms with Gasteiger partial charge in [0.05, 0.1) is 12.1 Å². The van der Waals surface area contributed by atoms with Crippen LogP contribution in [0.3, 0.4) is 0 Å². The van der Waals surface area contributed by atoms with E-state index in [9.17, 15) is 5.11 Å². The summed E-state index contributed by atoms with van der Waals surface area (Å²) in [5.41, 5.74) is 4.93. The summed E-state index contributed by atoms with van der Waals surface area (Å²) in [5, 5.41) is 9.57. The third-order valence-electron chi connectivity index (χ3n) is 2.38. The molecular formula is C9H12N2O. The number of benzene rings is 1. The Bertz CT molecular complexity index is 288. The fourth-order valence-electron chi connectivity index (χ4n) is 1.77. The lowest BCUT2D eigenvalue weighted by Gasteiger charge is -2.13. The van der Waals surface area contributed by atoms with Gasteiger partial charge in [0.25, 0.3) is 0 Å². The normalized spacial score (nSPS) is 27.2. The predicted octanol–water partition coefficient (Wildman–Crippen LogP) is 0.108. The molecule has 1 aliphatic carbocycles. The maximum atomic E-state index is 9.57. The van der Waals surface area contributed by atoms with Crippen molar-refractivity contribution in [3.63, 3.8) is 0 Å². The molecule has 0 aromatic heterocycles. The van der Waals surface area contributed by atoms with E-state index in [-0.39, 0.29) is 12.1 Å². The van der Waals surface area contributed by atoms with Gasteiger partial charge in [-0.15, -0.1) is 0 Å². The van der Waals surface area contributed by atoms with Crippen molar-refractivity contribution in [1.29, 1.82) is 0 Å². The lowest BCUT2D eigenvalue weighted by Crippen LogP contribution is -2.33. The highest BCUT2D eigenvalue weighted by atomic mass is 16.3. The maximum Gasteiger partial charge on any atom is 0.0788 e. The summed E-state index contributed by atoms with van der Waals surface area (Å²) in [4.78, 5) is 0. The molecule has 2 rings (SSSR count). The second-order valence-electron chi connectivity index (χ2n) is 3.11. The first kappa shape index (κ1) is 7.73. The van der Waals surface area contributed by atoms with Crippen LogP contribution in [0.15, 0.2) is 24.3 Å². The van der Waals surface area contributed by atoms with Crippen LogP contribution in [0.1, 0.15) is 17.2 Å². The fourth-order valence-corrected chi connectivity index (χ4v) is 1.77. The molecule has 0 saturated carbocycles. The fraction of sp³-hybridized carbons (Fsp3) is 0.333. The Hall–Kier alpha value is -0.900. The molecule has 3 nitrogen and oxygen atoms in total. The molecule has 0 aliphatic heterocycles. The first-order valence-electron chi connectivity index (χ1n) is 4.05. The van der Waals surface area contributed by atoms with Crippen LogP contribution in [0, 0.1) is 0 Å². The zero-order valence-electron chi connectivity index (χ0n) is 6.70. The van der Waals surface area contributed by atoms with Crippen LogP contribution in [-0.2, 0) is 6.42 Å². The molecule has 64 valence electrons. The molecule has 0 bridgehead atoms. The lowest BCUT2D eigenvalue weighted by atomic mass is 10.1. The number of hydrogen-bond acceptors (Lipinski definition) is 3. The summed E-state index contributed by atoms with van der Waals surface area (Å²) in [6.07, 6.45) is 0.317. The molecule has 1 aromatic carbocycles. The molecule has 0 saturated heterocycles. The number of nitrogens with one attached hydrogen (secondary N) is 1. The topological polar surface area (TPSA) is 58.3 Å². The molecule has 0 spiro atoms. The highest BCUT2D eigenvalue weighted by molar-refractivity contribution is 5.36. The zero-order chi connectivity index (χ0) is 8.55.